The summed E-state index contributed by atoms with van der Waals surface area (Å²) in [6.45, 7) is 0.520. The molecule has 1 aliphatic rings. The van der Waals surface area contributed by atoms with Gasteiger partial charge in [0, 0.05) is 17.1 Å². The number of hydrogen-bond acceptors (Lipinski definition) is 5. The summed E-state index contributed by atoms with van der Waals surface area (Å²) in [5.74, 6) is -0.0224. The van der Waals surface area contributed by atoms with Crippen molar-refractivity contribution in [1.29, 1.82) is 0 Å². The number of benzene rings is 1. The van der Waals surface area contributed by atoms with Crippen LogP contribution in [0.3, 0.4) is 0 Å². The van der Waals surface area contributed by atoms with E-state index < -0.39 is 0 Å². The number of rotatable bonds is 5. The van der Waals surface area contributed by atoms with Crippen LogP contribution in [0.15, 0.2) is 36.5 Å². The number of anilines is 2. The van der Waals surface area contributed by atoms with E-state index in [0.717, 1.165) is 36.8 Å². The van der Waals surface area contributed by atoms with Gasteiger partial charge in [0.05, 0.1) is 19.2 Å². The standard InChI is InChI=1S/C22H23FN4O2S2/c1-29-21(28)19-16-5-3-2-4-6-17(16)31-20(19)25-22(30)24-18-11-12-27(26-18)13-14-7-9-15(23)10-8-14/h7-12H,2-6,13H2,1H3,(H2,24,25,26,30). The van der Waals surface area contributed by atoms with Crippen LogP contribution >= 0.6 is 23.6 Å². The summed E-state index contributed by atoms with van der Waals surface area (Å²) in [5, 5.41) is 11.8. The van der Waals surface area contributed by atoms with Gasteiger partial charge >= 0.3 is 5.97 Å². The lowest BCUT2D eigenvalue weighted by Gasteiger charge is -2.10. The van der Waals surface area contributed by atoms with E-state index in [2.05, 4.69) is 15.7 Å². The molecule has 3 aromatic rings. The van der Waals surface area contributed by atoms with Crippen molar-refractivity contribution in [1.82, 2.24) is 9.78 Å². The number of thiocarbonyl (C=S) groups is 1. The van der Waals surface area contributed by atoms with Crippen molar-refractivity contribution >= 4 is 45.5 Å². The van der Waals surface area contributed by atoms with Crippen molar-refractivity contribution < 1.29 is 13.9 Å². The number of ether oxygens (including phenoxy) is 1. The molecule has 1 aliphatic carbocycles. The fraction of sp³-hybridized carbons (Fsp3) is 0.318. The van der Waals surface area contributed by atoms with Gasteiger partial charge in [0.2, 0.25) is 0 Å². The van der Waals surface area contributed by atoms with Gasteiger partial charge in [-0.2, -0.15) is 5.10 Å². The highest BCUT2D eigenvalue weighted by molar-refractivity contribution is 7.80. The van der Waals surface area contributed by atoms with Crippen molar-refractivity contribution in [2.24, 2.45) is 0 Å². The lowest BCUT2D eigenvalue weighted by atomic mass is 10.1. The highest BCUT2D eigenvalue weighted by Gasteiger charge is 2.25. The Kier molecular flexibility index (Phi) is 6.62. The van der Waals surface area contributed by atoms with Gasteiger partial charge in [-0.15, -0.1) is 11.3 Å². The molecule has 2 N–H and O–H groups in total. The summed E-state index contributed by atoms with van der Waals surface area (Å²) < 4.78 is 19.8. The van der Waals surface area contributed by atoms with Crippen LogP contribution in [0.25, 0.3) is 0 Å². The van der Waals surface area contributed by atoms with E-state index in [1.165, 1.54) is 30.5 Å². The molecule has 0 radical (unpaired) electrons. The van der Waals surface area contributed by atoms with Crippen molar-refractivity contribution in [2.45, 2.75) is 38.6 Å². The summed E-state index contributed by atoms with van der Waals surface area (Å²) in [7, 11) is 1.40. The van der Waals surface area contributed by atoms with Gasteiger partial charge in [0.15, 0.2) is 10.9 Å². The normalized spacial score (nSPS) is 13.2. The smallest absolute Gasteiger partial charge is 0.341 e. The largest absolute Gasteiger partial charge is 0.465 e. The van der Waals surface area contributed by atoms with Crippen LogP contribution in [0, 0.1) is 5.82 Å². The van der Waals surface area contributed by atoms with E-state index in [9.17, 15) is 9.18 Å². The number of carbonyl (C=O) groups excluding carboxylic acids is 1. The maximum atomic E-state index is 13.1. The molecule has 0 spiro atoms. The second-order valence-electron chi connectivity index (χ2n) is 7.36. The van der Waals surface area contributed by atoms with E-state index in [0.29, 0.717) is 28.0 Å². The Labute approximate surface area is 189 Å². The number of carbonyl (C=O) groups is 1. The van der Waals surface area contributed by atoms with Gasteiger partial charge in [-0.25, -0.2) is 9.18 Å². The zero-order valence-electron chi connectivity index (χ0n) is 17.1. The molecule has 6 nitrogen and oxygen atoms in total. The molecule has 4 rings (SSSR count). The minimum Gasteiger partial charge on any atom is -0.465 e. The minimum atomic E-state index is -0.340. The Morgan fingerprint density at radius 3 is 2.74 bits per heavy atom. The molecule has 2 aromatic heterocycles. The third-order valence-corrected chi connectivity index (χ3v) is 6.59. The average molecular weight is 459 g/mol. The third kappa shape index (κ3) is 5.11. The average Bonchev–Trinajstić information content (AvgIpc) is 3.25. The number of nitrogens with one attached hydrogen (secondary N) is 2. The number of aryl methyl sites for hydroxylation is 1. The number of thiophene rings is 1. The summed E-state index contributed by atoms with van der Waals surface area (Å²) in [4.78, 5) is 13.7. The number of aromatic nitrogens is 2. The fourth-order valence-electron chi connectivity index (χ4n) is 3.69. The molecule has 0 amide bonds. The summed E-state index contributed by atoms with van der Waals surface area (Å²) in [5.41, 5.74) is 2.62. The predicted molar refractivity (Wildman–Crippen MR) is 124 cm³/mol. The molecule has 0 saturated carbocycles. The second kappa shape index (κ2) is 9.57. The van der Waals surface area contributed by atoms with Gasteiger partial charge < -0.3 is 15.4 Å². The topological polar surface area (TPSA) is 68.2 Å². The molecule has 0 unspecified atom stereocenters. The first-order chi connectivity index (χ1) is 15.0. The molecule has 9 heteroatoms. The van der Waals surface area contributed by atoms with Crippen LogP contribution in [0.2, 0.25) is 0 Å². The SMILES string of the molecule is COC(=O)c1c(NC(=S)Nc2ccn(Cc3ccc(F)cc3)n2)sc2c1CCCCC2. The van der Waals surface area contributed by atoms with Crippen molar-refractivity contribution in [3.63, 3.8) is 0 Å². The summed E-state index contributed by atoms with van der Waals surface area (Å²) in [6.07, 6.45) is 7.04. The number of halogens is 1. The fourth-order valence-corrected chi connectivity index (χ4v) is 5.25. The second-order valence-corrected chi connectivity index (χ2v) is 8.88. The van der Waals surface area contributed by atoms with E-state index in [4.69, 9.17) is 17.0 Å². The zero-order valence-corrected chi connectivity index (χ0v) is 18.7. The molecule has 162 valence electrons. The Hall–Kier alpha value is -2.78. The van der Waals surface area contributed by atoms with Gasteiger partial charge in [0.25, 0.3) is 0 Å². The van der Waals surface area contributed by atoms with Gasteiger partial charge in [-0.1, -0.05) is 18.6 Å². The first kappa shape index (κ1) is 21.5. The van der Waals surface area contributed by atoms with Gasteiger partial charge in [-0.3, -0.25) is 4.68 Å². The molecular formula is C22H23FN4O2S2. The van der Waals surface area contributed by atoms with E-state index in [1.54, 1.807) is 28.2 Å². The van der Waals surface area contributed by atoms with Crippen LogP contribution in [0.4, 0.5) is 15.2 Å². The Bertz CT molecular complexity index is 1090. The van der Waals surface area contributed by atoms with Crippen LogP contribution in [0.1, 0.15) is 45.6 Å². The number of esters is 1. The van der Waals surface area contributed by atoms with E-state index in [-0.39, 0.29) is 11.8 Å². The Morgan fingerprint density at radius 1 is 1.19 bits per heavy atom. The minimum absolute atomic E-state index is 0.264. The molecule has 1 aromatic carbocycles. The molecule has 0 atom stereocenters. The number of methoxy groups -OCH3 is 1. The van der Waals surface area contributed by atoms with Gasteiger partial charge in [0.1, 0.15) is 10.8 Å². The zero-order chi connectivity index (χ0) is 21.8. The van der Waals surface area contributed by atoms with Crippen LogP contribution < -0.4 is 10.6 Å². The number of nitrogens with zero attached hydrogens (tertiary/aromatic N) is 2. The third-order valence-electron chi connectivity index (χ3n) is 5.18. The predicted octanol–water partition coefficient (Wildman–Crippen LogP) is 5.00. The first-order valence-corrected chi connectivity index (χ1v) is 11.3. The van der Waals surface area contributed by atoms with E-state index >= 15 is 0 Å². The Balaban J connectivity index is 1.45. The lowest BCUT2D eigenvalue weighted by molar-refractivity contribution is 0.0601. The van der Waals surface area contributed by atoms with E-state index in [1.807, 2.05) is 12.3 Å². The number of fused-ring (bicyclic) bond motifs is 1. The Morgan fingerprint density at radius 2 is 1.97 bits per heavy atom. The quantitative estimate of drug-likeness (QED) is 0.319. The molecule has 0 bridgehead atoms. The molecular weight excluding hydrogens is 435 g/mol. The molecule has 2 heterocycles. The van der Waals surface area contributed by atoms with Crippen LogP contribution in [-0.2, 0) is 24.1 Å². The maximum Gasteiger partial charge on any atom is 0.341 e. The molecule has 0 fully saturated rings. The van der Waals surface area contributed by atoms with Crippen LogP contribution in [0.5, 0.6) is 0 Å². The highest BCUT2D eigenvalue weighted by Crippen LogP contribution is 2.38. The van der Waals surface area contributed by atoms with Crippen molar-refractivity contribution in [3.8, 4) is 0 Å². The van der Waals surface area contributed by atoms with Gasteiger partial charge in [-0.05, 0) is 61.2 Å². The first-order valence-electron chi connectivity index (χ1n) is 10.1. The highest BCUT2D eigenvalue weighted by atomic mass is 32.1. The monoisotopic (exact) mass is 458 g/mol. The summed E-state index contributed by atoms with van der Waals surface area (Å²) >= 11 is 7.03. The van der Waals surface area contributed by atoms with Crippen LogP contribution in [-0.4, -0.2) is 28.0 Å². The van der Waals surface area contributed by atoms with Crippen molar-refractivity contribution in [2.75, 3.05) is 17.7 Å². The molecule has 0 saturated heterocycles. The molecule has 31 heavy (non-hydrogen) atoms. The summed E-state index contributed by atoms with van der Waals surface area (Å²) in [6, 6.07) is 8.12. The molecule has 0 aliphatic heterocycles. The lowest BCUT2D eigenvalue weighted by Crippen LogP contribution is -2.20. The maximum absolute atomic E-state index is 13.1. The number of hydrogen-bond donors (Lipinski definition) is 2. The van der Waals surface area contributed by atoms with Crippen molar-refractivity contribution in [3.05, 3.63) is 63.9 Å².